The Balaban J connectivity index is 3.22. The topological polar surface area (TPSA) is 46.3 Å². The van der Waals surface area contributed by atoms with Gasteiger partial charge in [-0.15, -0.1) is 0 Å². The predicted octanol–water partition coefficient (Wildman–Crippen LogP) is 2.73. The normalized spacial score (nSPS) is 11.5. The lowest BCUT2D eigenvalue weighted by Crippen LogP contribution is -2.50. The van der Waals surface area contributed by atoms with Crippen molar-refractivity contribution in [2.45, 2.75) is 26.3 Å². The number of hydrogen-bond acceptors (Lipinski definition) is 2. The van der Waals surface area contributed by atoms with Gasteiger partial charge in [0.15, 0.2) is 0 Å². The predicted molar refractivity (Wildman–Crippen MR) is 61.5 cm³/mol. The first-order chi connectivity index (χ1) is 7.64. The second-order valence-electron chi connectivity index (χ2n) is 4.59. The second kappa shape index (κ2) is 4.58. The minimum atomic E-state index is -1.03. The van der Waals surface area contributed by atoms with Crippen LogP contribution in [0, 0.1) is 11.6 Å². The van der Waals surface area contributed by atoms with Crippen molar-refractivity contribution >= 4 is 17.5 Å². The Morgan fingerprint density at radius 3 is 2.29 bits per heavy atom. The number of nitrogens with zero attached hydrogens (tertiary/aromatic N) is 1. The van der Waals surface area contributed by atoms with E-state index in [1.165, 1.54) is 0 Å². The zero-order valence-electron chi connectivity index (χ0n) is 9.72. The summed E-state index contributed by atoms with van der Waals surface area (Å²) in [5.74, 6) is 2.90. The molecule has 0 aliphatic carbocycles. The third kappa shape index (κ3) is 2.92. The van der Waals surface area contributed by atoms with Crippen molar-refractivity contribution in [3.8, 4) is 0 Å². The molecule has 6 heteroatoms. The maximum atomic E-state index is 13.5. The highest BCUT2D eigenvalue weighted by molar-refractivity contribution is 6.33. The molecule has 0 aliphatic heterocycles. The van der Waals surface area contributed by atoms with Gasteiger partial charge in [-0.3, -0.25) is 9.80 Å². The molecule has 1 amide bonds. The second-order valence-corrected chi connectivity index (χ2v) is 5.00. The van der Waals surface area contributed by atoms with Gasteiger partial charge in [-0.25, -0.2) is 14.6 Å². The fourth-order valence-electron chi connectivity index (χ4n) is 1.17. The van der Waals surface area contributed by atoms with Crippen molar-refractivity contribution in [1.82, 2.24) is 5.01 Å². The number of hydrogen-bond donors (Lipinski definition) is 1. The molecule has 1 aromatic rings. The summed E-state index contributed by atoms with van der Waals surface area (Å²) in [4.78, 5) is 11.9. The lowest BCUT2D eigenvalue weighted by Gasteiger charge is -2.31. The molecule has 94 valence electrons. The Bertz CT molecular complexity index is 434. The molecule has 0 unspecified atom stereocenters. The van der Waals surface area contributed by atoms with Gasteiger partial charge in [0.1, 0.15) is 11.6 Å². The molecule has 0 atom stereocenters. The van der Waals surface area contributed by atoms with Gasteiger partial charge in [-0.1, -0.05) is 11.6 Å². The summed E-state index contributed by atoms with van der Waals surface area (Å²) in [5.41, 5.74) is -1.12. The van der Waals surface area contributed by atoms with Crippen LogP contribution >= 0.6 is 11.6 Å². The van der Waals surface area contributed by atoms with Crippen LogP contribution in [0.15, 0.2) is 12.1 Å². The van der Waals surface area contributed by atoms with Crippen molar-refractivity contribution in [2.75, 3.05) is 0 Å². The van der Waals surface area contributed by atoms with E-state index in [2.05, 4.69) is 0 Å². The minimum absolute atomic E-state index is 0.299. The van der Waals surface area contributed by atoms with Gasteiger partial charge in [0.2, 0.25) is 0 Å². The van der Waals surface area contributed by atoms with Gasteiger partial charge in [0.05, 0.1) is 16.1 Å². The maximum Gasteiger partial charge on any atom is 0.272 e. The zero-order chi connectivity index (χ0) is 13.4. The average Bonchev–Trinajstić information content (AvgIpc) is 2.13. The number of benzene rings is 1. The molecular weight excluding hydrogens is 250 g/mol. The molecule has 0 saturated heterocycles. The van der Waals surface area contributed by atoms with Crippen molar-refractivity contribution in [3.63, 3.8) is 0 Å². The summed E-state index contributed by atoms with van der Waals surface area (Å²) in [7, 11) is 0. The van der Waals surface area contributed by atoms with E-state index in [0.717, 1.165) is 11.1 Å². The van der Waals surface area contributed by atoms with Gasteiger partial charge in [0.25, 0.3) is 5.91 Å². The Labute approximate surface area is 103 Å². The number of carbonyl (C=O) groups is 1. The average molecular weight is 263 g/mol. The number of amides is 1. The van der Waals surface area contributed by atoms with E-state index in [0.29, 0.717) is 6.07 Å². The van der Waals surface area contributed by atoms with E-state index < -0.39 is 28.6 Å². The first-order valence-electron chi connectivity index (χ1n) is 4.88. The number of hydrazine groups is 1. The van der Waals surface area contributed by atoms with E-state index >= 15 is 0 Å². The van der Waals surface area contributed by atoms with Crippen molar-refractivity contribution in [2.24, 2.45) is 5.84 Å². The molecule has 17 heavy (non-hydrogen) atoms. The number of halogens is 3. The molecule has 1 aromatic carbocycles. The molecule has 0 saturated carbocycles. The molecule has 3 nitrogen and oxygen atoms in total. The fourth-order valence-corrected chi connectivity index (χ4v) is 1.45. The summed E-state index contributed by atoms with van der Waals surface area (Å²) in [5, 5.41) is 0.557. The molecule has 0 spiro atoms. The molecule has 0 radical (unpaired) electrons. The van der Waals surface area contributed by atoms with Gasteiger partial charge >= 0.3 is 0 Å². The van der Waals surface area contributed by atoms with Crippen molar-refractivity contribution in [1.29, 1.82) is 0 Å². The van der Waals surface area contributed by atoms with Gasteiger partial charge < -0.3 is 0 Å². The van der Waals surface area contributed by atoms with Crippen LogP contribution in [0.25, 0.3) is 0 Å². The first-order valence-corrected chi connectivity index (χ1v) is 5.26. The minimum Gasteiger partial charge on any atom is -0.271 e. The van der Waals surface area contributed by atoms with E-state index in [1.54, 1.807) is 20.8 Å². The van der Waals surface area contributed by atoms with Crippen LogP contribution in [0.5, 0.6) is 0 Å². The molecule has 0 fully saturated rings. The standard InChI is InChI=1S/C11H13ClF2N2O/c1-11(2,3)16(15)10(17)9-7(12)4-6(13)5-8(9)14/h4-5H,15H2,1-3H3. The van der Waals surface area contributed by atoms with Crippen LogP contribution in [0.3, 0.4) is 0 Å². The third-order valence-corrected chi connectivity index (χ3v) is 2.46. The van der Waals surface area contributed by atoms with Crippen LogP contribution in [0.1, 0.15) is 31.1 Å². The Morgan fingerprint density at radius 1 is 1.35 bits per heavy atom. The molecule has 2 N–H and O–H groups in total. The van der Waals surface area contributed by atoms with Crippen LogP contribution in [0.4, 0.5) is 8.78 Å². The molecule has 0 aromatic heterocycles. The Hall–Kier alpha value is -1.20. The monoisotopic (exact) mass is 262 g/mol. The summed E-state index contributed by atoms with van der Waals surface area (Å²) < 4.78 is 26.3. The Kier molecular flexibility index (Phi) is 3.74. The van der Waals surface area contributed by atoms with Gasteiger partial charge in [-0.05, 0) is 26.8 Å². The zero-order valence-corrected chi connectivity index (χ0v) is 10.5. The quantitative estimate of drug-likeness (QED) is 0.481. The molecule has 0 aliphatic rings. The largest absolute Gasteiger partial charge is 0.272 e. The van der Waals surface area contributed by atoms with E-state index in [4.69, 9.17) is 17.4 Å². The summed E-state index contributed by atoms with van der Waals surface area (Å²) in [6.07, 6.45) is 0. The smallest absolute Gasteiger partial charge is 0.271 e. The van der Waals surface area contributed by atoms with Crippen molar-refractivity contribution < 1.29 is 13.6 Å². The molecule has 1 rings (SSSR count). The number of carbonyl (C=O) groups excluding carboxylic acids is 1. The van der Waals surface area contributed by atoms with Crippen molar-refractivity contribution in [3.05, 3.63) is 34.4 Å². The number of nitrogens with two attached hydrogens (primary N) is 1. The van der Waals surface area contributed by atoms with E-state index in [-0.39, 0.29) is 5.02 Å². The fraction of sp³-hybridized carbons (Fsp3) is 0.364. The lowest BCUT2D eigenvalue weighted by atomic mass is 10.1. The first kappa shape index (κ1) is 13.9. The van der Waals surface area contributed by atoms with Crippen LogP contribution in [0.2, 0.25) is 5.02 Å². The highest BCUT2D eigenvalue weighted by Gasteiger charge is 2.28. The molecular formula is C11H13ClF2N2O. The Morgan fingerprint density at radius 2 is 1.88 bits per heavy atom. The van der Waals surface area contributed by atoms with Gasteiger partial charge in [0, 0.05) is 6.07 Å². The highest BCUT2D eigenvalue weighted by atomic mass is 35.5. The maximum absolute atomic E-state index is 13.5. The van der Waals surface area contributed by atoms with Crippen LogP contribution in [-0.2, 0) is 0 Å². The van der Waals surface area contributed by atoms with E-state index in [1.807, 2.05) is 0 Å². The number of rotatable bonds is 1. The van der Waals surface area contributed by atoms with Crippen LogP contribution in [-0.4, -0.2) is 16.5 Å². The summed E-state index contributed by atoms with van der Waals surface area (Å²) >= 11 is 5.64. The lowest BCUT2D eigenvalue weighted by molar-refractivity contribution is 0.0577. The third-order valence-electron chi connectivity index (χ3n) is 2.16. The highest BCUT2D eigenvalue weighted by Crippen LogP contribution is 2.24. The summed E-state index contributed by atoms with van der Waals surface area (Å²) in [6, 6.07) is 1.46. The molecule has 0 bridgehead atoms. The SMILES string of the molecule is CC(C)(C)N(N)C(=O)c1c(F)cc(F)cc1Cl. The van der Waals surface area contributed by atoms with Gasteiger partial charge in [-0.2, -0.15) is 0 Å². The van der Waals surface area contributed by atoms with Crippen LogP contribution < -0.4 is 5.84 Å². The summed E-state index contributed by atoms with van der Waals surface area (Å²) in [6.45, 7) is 5.04. The van der Waals surface area contributed by atoms with E-state index in [9.17, 15) is 13.6 Å². The molecule has 0 heterocycles.